The maximum Gasteiger partial charge on any atom is 0.272 e. The van der Waals surface area contributed by atoms with Crippen LogP contribution in [0.2, 0.25) is 0 Å². The first kappa shape index (κ1) is 16.3. The van der Waals surface area contributed by atoms with Crippen molar-refractivity contribution in [2.45, 2.75) is 43.7 Å². The summed E-state index contributed by atoms with van der Waals surface area (Å²) in [5, 5.41) is 11.6. The van der Waals surface area contributed by atoms with E-state index < -0.39 is 5.60 Å². The van der Waals surface area contributed by atoms with Crippen LogP contribution in [0, 0.1) is 5.92 Å². The average molecular weight is 339 g/mol. The van der Waals surface area contributed by atoms with E-state index in [1.165, 1.54) is 0 Å². The summed E-state index contributed by atoms with van der Waals surface area (Å²) in [7, 11) is 1.85. The van der Waals surface area contributed by atoms with Gasteiger partial charge in [-0.3, -0.25) is 4.79 Å². The van der Waals surface area contributed by atoms with Gasteiger partial charge in [0.15, 0.2) is 0 Å². The molecule has 4 rings (SSSR count). The number of imidazole rings is 1. The zero-order valence-electron chi connectivity index (χ0n) is 14.6. The molecular weight excluding hydrogens is 314 g/mol. The molecule has 1 aromatic carbocycles. The number of aromatic nitrogens is 2. The van der Waals surface area contributed by atoms with Crippen LogP contribution in [0.5, 0.6) is 0 Å². The van der Waals surface area contributed by atoms with Crippen LogP contribution in [0.4, 0.5) is 0 Å². The van der Waals surface area contributed by atoms with Crippen LogP contribution in [-0.2, 0) is 12.6 Å². The number of piperidine rings is 1. The molecular formula is C20H25N3O2. The molecule has 1 aliphatic heterocycles. The largest absolute Gasteiger partial charge is 0.385 e. The van der Waals surface area contributed by atoms with Crippen molar-refractivity contribution in [1.82, 2.24) is 14.5 Å². The first-order valence-electron chi connectivity index (χ1n) is 9.16. The van der Waals surface area contributed by atoms with E-state index >= 15 is 0 Å². The number of aliphatic hydroxyl groups is 1. The molecule has 1 amide bonds. The number of hydrogen-bond donors (Lipinski definition) is 1. The zero-order chi connectivity index (χ0) is 17.4. The van der Waals surface area contributed by atoms with Crippen LogP contribution in [0.1, 0.15) is 48.2 Å². The number of hydrogen-bond acceptors (Lipinski definition) is 3. The summed E-state index contributed by atoms with van der Waals surface area (Å²) < 4.78 is 1.78. The molecule has 5 heteroatoms. The van der Waals surface area contributed by atoms with E-state index in [1.807, 2.05) is 42.3 Å². The number of likely N-dealkylation sites (tertiary alicyclic amines) is 1. The Kier molecular flexibility index (Phi) is 4.12. The third kappa shape index (κ3) is 2.67. The van der Waals surface area contributed by atoms with Crippen LogP contribution in [-0.4, -0.2) is 38.1 Å². The summed E-state index contributed by atoms with van der Waals surface area (Å²) >= 11 is 0. The molecule has 2 fully saturated rings. The molecule has 2 heterocycles. The molecule has 0 bridgehead atoms. The lowest BCUT2D eigenvalue weighted by molar-refractivity contribution is -0.110. The van der Waals surface area contributed by atoms with E-state index in [9.17, 15) is 9.90 Å². The number of fused-ring (bicyclic) bond motifs is 1. The van der Waals surface area contributed by atoms with E-state index in [-0.39, 0.29) is 17.9 Å². The lowest BCUT2D eigenvalue weighted by atomic mass is 9.66. The Morgan fingerprint density at radius 1 is 1.24 bits per heavy atom. The van der Waals surface area contributed by atoms with Crippen molar-refractivity contribution in [2.75, 3.05) is 6.54 Å². The minimum atomic E-state index is -0.838. The molecule has 5 nitrogen and oxygen atoms in total. The quantitative estimate of drug-likeness (QED) is 0.915. The van der Waals surface area contributed by atoms with Gasteiger partial charge in [-0.15, -0.1) is 0 Å². The van der Waals surface area contributed by atoms with Gasteiger partial charge in [-0.1, -0.05) is 43.2 Å². The zero-order valence-corrected chi connectivity index (χ0v) is 14.6. The Morgan fingerprint density at radius 2 is 2.00 bits per heavy atom. The maximum atomic E-state index is 13.1. The normalized spacial score (nSPS) is 29.3. The van der Waals surface area contributed by atoms with Gasteiger partial charge in [0.05, 0.1) is 18.1 Å². The second-order valence-corrected chi connectivity index (χ2v) is 7.39. The van der Waals surface area contributed by atoms with Gasteiger partial charge in [0.2, 0.25) is 0 Å². The summed E-state index contributed by atoms with van der Waals surface area (Å²) in [6, 6.07) is 10.1. The fourth-order valence-corrected chi connectivity index (χ4v) is 4.73. The maximum absolute atomic E-state index is 13.1. The van der Waals surface area contributed by atoms with E-state index in [1.54, 1.807) is 17.1 Å². The number of carbonyl (C=O) groups excluding carboxylic acids is 1. The third-order valence-electron chi connectivity index (χ3n) is 6.05. The highest BCUT2D eigenvalue weighted by Gasteiger charge is 2.50. The van der Waals surface area contributed by atoms with Crippen LogP contribution in [0.15, 0.2) is 42.9 Å². The highest BCUT2D eigenvalue weighted by Crippen LogP contribution is 2.47. The van der Waals surface area contributed by atoms with Crippen molar-refractivity contribution in [3.8, 4) is 0 Å². The van der Waals surface area contributed by atoms with Crippen LogP contribution >= 0.6 is 0 Å². The Bertz CT molecular complexity index is 757. The number of aryl methyl sites for hydroxylation is 1. The van der Waals surface area contributed by atoms with Crippen molar-refractivity contribution < 1.29 is 9.90 Å². The highest BCUT2D eigenvalue weighted by molar-refractivity contribution is 5.92. The van der Waals surface area contributed by atoms with Crippen LogP contribution in [0.25, 0.3) is 0 Å². The molecule has 2 aliphatic rings. The van der Waals surface area contributed by atoms with Gasteiger partial charge in [-0.05, 0) is 24.8 Å². The van der Waals surface area contributed by atoms with Crippen molar-refractivity contribution in [1.29, 1.82) is 0 Å². The van der Waals surface area contributed by atoms with Gasteiger partial charge < -0.3 is 14.6 Å². The topological polar surface area (TPSA) is 58.4 Å². The van der Waals surface area contributed by atoms with Crippen molar-refractivity contribution in [3.63, 3.8) is 0 Å². The van der Waals surface area contributed by atoms with Crippen molar-refractivity contribution in [3.05, 3.63) is 54.1 Å². The SMILES string of the molecule is Cn1cncc1C(=O)N1CCC(O)(c2ccccc2)[C@H]2CCCC[C@@H]21. The summed E-state index contributed by atoms with van der Waals surface area (Å²) in [5.74, 6) is 0.126. The second-order valence-electron chi connectivity index (χ2n) is 7.39. The first-order chi connectivity index (χ1) is 12.1. The number of amides is 1. The fourth-order valence-electron chi connectivity index (χ4n) is 4.73. The van der Waals surface area contributed by atoms with E-state index in [4.69, 9.17) is 0 Å². The Labute approximate surface area is 148 Å². The average Bonchev–Trinajstić information content (AvgIpc) is 3.08. The molecule has 1 N–H and O–H groups in total. The monoisotopic (exact) mass is 339 g/mol. The molecule has 132 valence electrons. The molecule has 25 heavy (non-hydrogen) atoms. The highest BCUT2D eigenvalue weighted by atomic mass is 16.3. The van der Waals surface area contributed by atoms with Gasteiger partial charge in [0.25, 0.3) is 5.91 Å². The second kappa shape index (κ2) is 6.30. The van der Waals surface area contributed by atoms with Gasteiger partial charge in [-0.25, -0.2) is 4.98 Å². The Balaban J connectivity index is 1.67. The smallest absolute Gasteiger partial charge is 0.272 e. The first-order valence-corrected chi connectivity index (χ1v) is 9.16. The van der Waals surface area contributed by atoms with Gasteiger partial charge in [0.1, 0.15) is 5.69 Å². The summed E-state index contributed by atoms with van der Waals surface area (Å²) in [5.41, 5.74) is 0.768. The summed E-state index contributed by atoms with van der Waals surface area (Å²) in [6.45, 7) is 0.580. The molecule has 1 aliphatic carbocycles. The third-order valence-corrected chi connectivity index (χ3v) is 6.05. The minimum Gasteiger partial charge on any atom is -0.385 e. The number of carbonyl (C=O) groups is 1. The Hall–Kier alpha value is -2.14. The molecule has 0 spiro atoms. The molecule has 0 radical (unpaired) electrons. The summed E-state index contributed by atoms with van der Waals surface area (Å²) in [4.78, 5) is 19.1. The molecule has 1 aromatic heterocycles. The summed E-state index contributed by atoms with van der Waals surface area (Å²) in [6.07, 6.45) is 8.04. The van der Waals surface area contributed by atoms with Gasteiger partial charge in [-0.2, -0.15) is 0 Å². The lowest BCUT2D eigenvalue weighted by Crippen LogP contribution is -2.59. The fraction of sp³-hybridized carbons (Fsp3) is 0.500. The van der Waals surface area contributed by atoms with Crippen molar-refractivity contribution >= 4 is 5.91 Å². The van der Waals surface area contributed by atoms with Crippen LogP contribution in [0.3, 0.4) is 0 Å². The number of benzene rings is 1. The predicted molar refractivity (Wildman–Crippen MR) is 94.9 cm³/mol. The van der Waals surface area contributed by atoms with Gasteiger partial charge in [0, 0.05) is 25.6 Å². The molecule has 1 unspecified atom stereocenters. The Morgan fingerprint density at radius 3 is 2.72 bits per heavy atom. The van der Waals surface area contributed by atoms with Crippen molar-refractivity contribution in [2.24, 2.45) is 13.0 Å². The van der Waals surface area contributed by atoms with E-state index in [0.717, 1.165) is 31.2 Å². The lowest BCUT2D eigenvalue weighted by Gasteiger charge is -2.52. The van der Waals surface area contributed by atoms with Gasteiger partial charge >= 0.3 is 0 Å². The minimum absolute atomic E-state index is 0.0343. The van der Waals surface area contributed by atoms with E-state index in [0.29, 0.717) is 18.7 Å². The van der Waals surface area contributed by atoms with Crippen LogP contribution < -0.4 is 0 Å². The number of rotatable bonds is 2. The molecule has 1 saturated carbocycles. The molecule has 2 aromatic rings. The number of nitrogens with zero attached hydrogens (tertiary/aromatic N) is 3. The predicted octanol–water partition coefficient (Wildman–Crippen LogP) is 2.71. The van der Waals surface area contributed by atoms with E-state index in [2.05, 4.69) is 4.98 Å². The standard InChI is InChI=1S/C20H25N3O2/c1-22-14-21-13-18(22)19(24)23-12-11-20(25,15-7-3-2-4-8-15)16-9-5-6-10-17(16)23/h2-4,7-8,13-14,16-17,25H,5-6,9-12H2,1H3/t16-,17-,20?/m0/s1. The molecule has 1 saturated heterocycles. The molecule has 3 atom stereocenters.